The van der Waals surface area contributed by atoms with Gasteiger partial charge < -0.3 is 25.2 Å². The minimum atomic E-state index is -0.926. The summed E-state index contributed by atoms with van der Waals surface area (Å²) in [4.78, 5) is 35.3. The number of amides is 2. The molecule has 0 aliphatic heterocycles. The van der Waals surface area contributed by atoms with Crippen molar-refractivity contribution in [2.24, 2.45) is 5.92 Å². The van der Waals surface area contributed by atoms with Crippen molar-refractivity contribution in [3.8, 4) is 11.1 Å². The van der Waals surface area contributed by atoms with E-state index in [0.29, 0.717) is 0 Å². The summed E-state index contributed by atoms with van der Waals surface area (Å²) in [5.74, 6) is -1.06. The maximum Gasteiger partial charge on any atom is 0.407 e. The van der Waals surface area contributed by atoms with Crippen LogP contribution in [0.5, 0.6) is 0 Å². The first-order valence-electron chi connectivity index (χ1n) is 11.7. The van der Waals surface area contributed by atoms with Gasteiger partial charge in [0.1, 0.15) is 13.2 Å². The Morgan fingerprint density at radius 1 is 1.00 bits per heavy atom. The molecule has 0 saturated heterocycles. The highest BCUT2D eigenvalue weighted by Gasteiger charge is 2.30. The first-order valence-corrected chi connectivity index (χ1v) is 11.7. The highest BCUT2D eigenvalue weighted by atomic mass is 16.5. The van der Waals surface area contributed by atoms with Gasteiger partial charge in [-0.3, -0.25) is 9.59 Å². The smallest absolute Gasteiger partial charge is 0.407 e. The van der Waals surface area contributed by atoms with E-state index in [0.717, 1.165) is 30.4 Å². The largest absolute Gasteiger partial charge is 0.481 e. The summed E-state index contributed by atoms with van der Waals surface area (Å²) in [5.41, 5.74) is 4.63. The van der Waals surface area contributed by atoms with Gasteiger partial charge in [-0.05, 0) is 41.0 Å². The highest BCUT2D eigenvalue weighted by Crippen LogP contribution is 2.44. The van der Waals surface area contributed by atoms with Gasteiger partial charge in [-0.1, -0.05) is 55.0 Å². The third-order valence-electron chi connectivity index (χ3n) is 6.55. The Morgan fingerprint density at radius 3 is 2.24 bits per heavy atom. The fourth-order valence-electron chi connectivity index (χ4n) is 4.65. The maximum atomic E-state index is 12.2. The predicted octanol–water partition coefficient (Wildman–Crippen LogP) is 3.30. The van der Waals surface area contributed by atoms with Gasteiger partial charge >= 0.3 is 12.1 Å². The number of carboxylic acid groups (broad SMARTS) is 1. The summed E-state index contributed by atoms with van der Waals surface area (Å²) in [6.07, 6.45) is 2.31. The quantitative estimate of drug-likeness (QED) is 0.438. The van der Waals surface area contributed by atoms with Crippen LogP contribution in [-0.4, -0.2) is 55.5 Å². The van der Waals surface area contributed by atoms with E-state index in [1.54, 1.807) is 0 Å². The van der Waals surface area contributed by atoms with Crippen molar-refractivity contribution in [1.29, 1.82) is 0 Å². The van der Waals surface area contributed by atoms with Crippen molar-refractivity contribution in [1.82, 2.24) is 10.6 Å². The summed E-state index contributed by atoms with van der Waals surface area (Å²) in [7, 11) is 0. The average molecular weight is 467 g/mol. The van der Waals surface area contributed by atoms with Gasteiger partial charge in [-0.15, -0.1) is 0 Å². The number of ether oxygens (including phenoxy) is 2. The van der Waals surface area contributed by atoms with E-state index < -0.39 is 12.1 Å². The Hall–Kier alpha value is -3.39. The van der Waals surface area contributed by atoms with Crippen LogP contribution in [0.15, 0.2) is 48.5 Å². The number of carbonyl (C=O) groups is 3. The van der Waals surface area contributed by atoms with Crippen LogP contribution in [0.2, 0.25) is 0 Å². The van der Waals surface area contributed by atoms with Crippen molar-refractivity contribution in [3.63, 3.8) is 0 Å². The predicted molar refractivity (Wildman–Crippen MR) is 125 cm³/mol. The molecule has 0 radical (unpaired) electrons. The Bertz CT molecular complexity index is 990. The van der Waals surface area contributed by atoms with Gasteiger partial charge in [-0.2, -0.15) is 0 Å². The first kappa shape index (κ1) is 23.8. The van der Waals surface area contributed by atoms with Crippen molar-refractivity contribution in [2.45, 2.75) is 37.6 Å². The molecule has 0 aromatic heterocycles. The molecule has 1 atom stereocenters. The van der Waals surface area contributed by atoms with Gasteiger partial charge in [0.15, 0.2) is 0 Å². The normalized spacial score (nSPS) is 15.5. The molecule has 8 heteroatoms. The molecule has 2 amide bonds. The van der Waals surface area contributed by atoms with Crippen LogP contribution in [0.1, 0.15) is 42.7 Å². The van der Waals surface area contributed by atoms with Crippen molar-refractivity contribution in [2.75, 3.05) is 26.4 Å². The molecule has 0 spiro atoms. The van der Waals surface area contributed by atoms with E-state index in [1.807, 2.05) is 24.3 Å². The molecule has 180 valence electrons. The Kier molecular flexibility index (Phi) is 7.80. The van der Waals surface area contributed by atoms with E-state index >= 15 is 0 Å². The van der Waals surface area contributed by atoms with Crippen LogP contribution in [0, 0.1) is 5.92 Å². The summed E-state index contributed by atoms with van der Waals surface area (Å²) >= 11 is 0. The second kappa shape index (κ2) is 11.2. The zero-order chi connectivity index (χ0) is 23.9. The summed E-state index contributed by atoms with van der Waals surface area (Å²) in [5, 5.41) is 14.4. The van der Waals surface area contributed by atoms with Crippen LogP contribution in [0.3, 0.4) is 0 Å². The lowest BCUT2D eigenvalue weighted by atomic mass is 9.78. The molecule has 2 aromatic carbocycles. The Labute approximate surface area is 198 Å². The number of hydrogen-bond acceptors (Lipinski definition) is 5. The third kappa shape index (κ3) is 5.75. The molecule has 1 saturated carbocycles. The van der Waals surface area contributed by atoms with E-state index in [9.17, 15) is 14.4 Å². The molecule has 4 rings (SSSR count). The van der Waals surface area contributed by atoms with E-state index in [2.05, 4.69) is 34.9 Å². The highest BCUT2D eigenvalue weighted by molar-refractivity contribution is 5.79. The van der Waals surface area contributed by atoms with Crippen LogP contribution in [0.25, 0.3) is 11.1 Å². The molecule has 2 aromatic rings. The van der Waals surface area contributed by atoms with E-state index in [1.165, 1.54) is 11.1 Å². The minimum Gasteiger partial charge on any atom is -0.481 e. The fraction of sp³-hybridized carbons (Fsp3) is 0.423. The molecule has 1 fully saturated rings. The molecule has 2 aliphatic rings. The number of rotatable bonds is 11. The van der Waals surface area contributed by atoms with Crippen LogP contribution in [0.4, 0.5) is 4.79 Å². The lowest BCUT2D eigenvalue weighted by molar-refractivity contribution is -0.138. The lowest BCUT2D eigenvalue weighted by Crippen LogP contribution is -2.45. The van der Waals surface area contributed by atoms with Crippen molar-refractivity contribution in [3.05, 3.63) is 59.7 Å². The molecule has 0 heterocycles. The van der Waals surface area contributed by atoms with Gasteiger partial charge in [0, 0.05) is 18.5 Å². The summed E-state index contributed by atoms with van der Waals surface area (Å²) < 4.78 is 10.8. The number of benzene rings is 2. The van der Waals surface area contributed by atoms with Crippen molar-refractivity contribution >= 4 is 18.0 Å². The molecule has 1 unspecified atom stereocenters. The lowest BCUT2D eigenvalue weighted by Gasteiger charge is -2.33. The fourth-order valence-corrected chi connectivity index (χ4v) is 4.65. The zero-order valence-corrected chi connectivity index (χ0v) is 19.0. The van der Waals surface area contributed by atoms with Gasteiger partial charge in [0.25, 0.3) is 0 Å². The molecule has 8 nitrogen and oxygen atoms in total. The molecule has 2 aliphatic carbocycles. The molecular formula is C26H30N2O6. The van der Waals surface area contributed by atoms with Crippen LogP contribution >= 0.6 is 0 Å². The second-order valence-electron chi connectivity index (χ2n) is 8.77. The SMILES string of the molecule is O=C(O)CC(NC(=O)COCCNC(=O)OCC1c2ccccc2-c2ccccc21)C1CCC1. The van der Waals surface area contributed by atoms with Gasteiger partial charge in [0.2, 0.25) is 5.91 Å². The number of alkyl carbamates (subject to hydrolysis) is 1. The summed E-state index contributed by atoms with van der Waals surface area (Å²) in [6, 6.07) is 15.9. The van der Waals surface area contributed by atoms with E-state index in [-0.39, 0.29) is 56.6 Å². The van der Waals surface area contributed by atoms with Gasteiger partial charge in [0.05, 0.1) is 13.0 Å². The average Bonchev–Trinajstić information content (AvgIpc) is 3.09. The Balaban J connectivity index is 1.15. The van der Waals surface area contributed by atoms with Crippen LogP contribution in [-0.2, 0) is 19.1 Å². The molecule has 3 N–H and O–H groups in total. The number of aliphatic carboxylic acids is 1. The molecular weight excluding hydrogens is 436 g/mol. The molecule has 34 heavy (non-hydrogen) atoms. The number of nitrogens with one attached hydrogen (secondary N) is 2. The monoisotopic (exact) mass is 466 g/mol. The molecule has 0 bridgehead atoms. The number of carbonyl (C=O) groups excluding carboxylic acids is 2. The standard InChI is InChI=1S/C26H30N2O6/c29-24(28-23(14-25(30)31)17-6-5-7-17)16-33-13-12-27-26(32)34-15-22-20-10-3-1-8-18(20)19-9-2-4-11-21(19)22/h1-4,8-11,17,22-23H,5-7,12-16H2,(H,27,32)(H,28,29)(H,30,31). The van der Waals surface area contributed by atoms with Crippen LogP contribution < -0.4 is 10.6 Å². The first-order chi connectivity index (χ1) is 16.5. The van der Waals surface area contributed by atoms with E-state index in [4.69, 9.17) is 14.6 Å². The van der Waals surface area contributed by atoms with Crippen molar-refractivity contribution < 1.29 is 29.0 Å². The zero-order valence-electron chi connectivity index (χ0n) is 19.0. The summed E-state index contributed by atoms with van der Waals surface area (Å²) in [6.45, 7) is 0.389. The number of hydrogen-bond donors (Lipinski definition) is 3. The minimum absolute atomic E-state index is 0.00693. The maximum absolute atomic E-state index is 12.2. The number of carboxylic acids is 1. The second-order valence-corrected chi connectivity index (χ2v) is 8.77. The third-order valence-corrected chi connectivity index (χ3v) is 6.55. The topological polar surface area (TPSA) is 114 Å². The Morgan fingerprint density at radius 2 is 1.65 bits per heavy atom. The van der Waals surface area contributed by atoms with Gasteiger partial charge in [-0.25, -0.2) is 4.79 Å². The number of fused-ring (bicyclic) bond motifs is 3.